The number of piperazine rings is 1. The Morgan fingerprint density at radius 2 is 1.15 bits per heavy atom. The summed E-state index contributed by atoms with van der Waals surface area (Å²) in [5.74, 6) is -3.68. The van der Waals surface area contributed by atoms with Crippen LogP contribution in [0.2, 0.25) is 0 Å². The molecule has 5 amide bonds. The van der Waals surface area contributed by atoms with E-state index in [-0.39, 0.29) is 43.2 Å². The summed E-state index contributed by atoms with van der Waals surface area (Å²) in [6.45, 7) is 11.4. The molecule has 0 bridgehead atoms. The van der Waals surface area contributed by atoms with Crippen LogP contribution in [0.15, 0.2) is 54.6 Å². The van der Waals surface area contributed by atoms with Crippen LogP contribution in [0.5, 0.6) is 0 Å². The third-order valence-corrected chi connectivity index (χ3v) is 8.25. The molecular weight excluding hydrogens is 670 g/mol. The van der Waals surface area contributed by atoms with Crippen LogP contribution in [-0.4, -0.2) is 113 Å². The highest BCUT2D eigenvalue weighted by molar-refractivity contribution is 5.99. The fourth-order valence-electron chi connectivity index (χ4n) is 5.70. The first-order chi connectivity index (χ1) is 24.5. The summed E-state index contributed by atoms with van der Waals surface area (Å²) in [6, 6.07) is 12.0. The van der Waals surface area contributed by atoms with Gasteiger partial charge in [-0.25, -0.2) is 14.4 Å². The maximum absolute atomic E-state index is 13.4. The second kappa shape index (κ2) is 19.6. The molecule has 0 aromatic heterocycles. The summed E-state index contributed by atoms with van der Waals surface area (Å²) in [5.41, 5.74) is 1.54. The molecule has 0 aliphatic carbocycles. The van der Waals surface area contributed by atoms with Crippen molar-refractivity contribution < 1.29 is 39.0 Å². The molecule has 3 atom stereocenters. The fraction of sp³-hybridized carbons (Fsp3) is 0.514. The first-order valence-electron chi connectivity index (χ1n) is 17.5. The molecule has 0 spiro atoms. The van der Waals surface area contributed by atoms with Crippen molar-refractivity contribution in [2.75, 3.05) is 49.9 Å². The van der Waals surface area contributed by atoms with Crippen molar-refractivity contribution >= 4 is 47.1 Å². The Hall–Kier alpha value is -5.02. The molecule has 0 radical (unpaired) electrons. The number of rotatable bonds is 17. The number of nitrogens with zero attached hydrogens (tertiary/aromatic N) is 2. The summed E-state index contributed by atoms with van der Waals surface area (Å²) in [5, 5.41) is 33.0. The number of urea groups is 1. The number of aliphatic carboxylic acids is 2. The highest BCUT2D eigenvalue weighted by Crippen LogP contribution is 2.18. The molecule has 284 valence electrons. The quantitative estimate of drug-likeness (QED) is 0.127. The standard InChI is InChI=1S/C37H53N7O8/c1-24(2)19-28(40-31(45)20-25-11-13-27(14-12-25)39-36(52)38-26-9-7-6-8-10-26)33(47)42-30(35(50)51)23-44-17-15-43(16-18-44)22-29(34(48)49)41-32(46)21-37(3,4)5/h6-14,24,28-30H,15-23H2,1-5H3,(H,40,45)(H,41,46)(H,42,47)(H,48,49)(H,50,51)(H2,38,39,52). The number of carbonyl (C=O) groups is 6. The van der Waals surface area contributed by atoms with Crippen molar-refractivity contribution in [1.29, 1.82) is 0 Å². The Morgan fingerprint density at radius 1 is 0.673 bits per heavy atom. The molecule has 1 aliphatic rings. The first-order valence-corrected chi connectivity index (χ1v) is 17.5. The van der Waals surface area contributed by atoms with Crippen LogP contribution >= 0.6 is 0 Å². The summed E-state index contributed by atoms with van der Waals surface area (Å²) in [6.07, 6.45) is 0.450. The minimum absolute atomic E-state index is 0.0195. The molecule has 2 aromatic rings. The van der Waals surface area contributed by atoms with E-state index in [0.717, 1.165) is 0 Å². The van der Waals surface area contributed by atoms with Gasteiger partial charge < -0.3 is 36.8 Å². The van der Waals surface area contributed by atoms with E-state index in [4.69, 9.17) is 0 Å². The largest absolute Gasteiger partial charge is 0.480 e. The maximum Gasteiger partial charge on any atom is 0.327 e. The number of carboxylic acids is 2. The molecule has 1 saturated heterocycles. The van der Waals surface area contributed by atoms with Crippen LogP contribution in [0.25, 0.3) is 0 Å². The number of anilines is 2. The lowest BCUT2D eigenvalue weighted by molar-refractivity contribution is -0.143. The third kappa shape index (κ3) is 15.1. The van der Waals surface area contributed by atoms with E-state index in [1.54, 1.807) is 36.4 Å². The molecule has 52 heavy (non-hydrogen) atoms. The number of carboxylic acid groups (broad SMARTS) is 2. The molecule has 1 aliphatic heterocycles. The Morgan fingerprint density at radius 3 is 1.63 bits per heavy atom. The fourth-order valence-corrected chi connectivity index (χ4v) is 5.70. The second-order valence-corrected chi connectivity index (χ2v) is 14.8. The van der Waals surface area contributed by atoms with Gasteiger partial charge in [0, 0.05) is 57.1 Å². The van der Waals surface area contributed by atoms with Gasteiger partial charge in [-0.3, -0.25) is 24.2 Å². The Kier molecular flexibility index (Phi) is 15.6. The van der Waals surface area contributed by atoms with E-state index >= 15 is 0 Å². The topological polar surface area (TPSA) is 210 Å². The summed E-state index contributed by atoms with van der Waals surface area (Å²) in [4.78, 5) is 78.8. The molecule has 1 heterocycles. The molecule has 3 unspecified atom stereocenters. The van der Waals surface area contributed by atoms with Crippen LogP contribution < -0.4 is 26.6 Å². The number of carbonyl (C=O) groups excluding carboxylic acids is 4. The van der Waals surface area contributed by atoms with Gasteiger partial charge in [-0.1, -0.05) is 65.0 Å². The van der Waals surface area contributed by atoms with Gasteiger partial charge in [0.05, 0.1) is 6.42 Å². The van der Waals surface area contributed by atoms with Crippen LogP contribution in [0.4, 0.5) is 16.2 Å². The van der Waals surface area contributed by atoms with Crippen LogP contribution in [0.3, 0.4) is 0 Å². The highest BCUT2D eigenvalue weighted by atomic mass is 16.4. The van der Waals surface area contributed by atoms with Gasteiger partial charge in [-0.15, -0.1) is 0 Å². The lowest BCUT2D eigenvalue weighted by Crippen LogP contribution is -2.58. The molecule has 15 heteroatoms. The molecule has 7 N–H and O–H groups in total. The minimum Gasteiger partial charge on any atom is -0.480 e. The zero-order chi connectivity index (χ0) is 38.4. The van der Waals surface area contributed by atoms with E-state index < -0.39 is 47.9 Å². The average molecular weight is 724 g/mol. The van der Waals surface area contributed by atoms with Crippen molar-refractivity contribution in [3.8, 4) is 0 Å². The zero-order valence-electron chi connectivity index (χ0n) is 30.6. The number of hydrogen-bond acceptors (Lipinski definition) is 8. The molecule has 3 rings (SSSR count). The van der Waals surface area contributed by atoms with E-state index in [0.29, 0.717) is 49.5 Å². The molecular formula is C37H53N7O8. The predicted molar refractivity (Wildman–Crippen MR) is 197 cm³/mol. The van der Waals surface area contributed by atoms with Crippen LogP contribution in [-0.2, 0) is 30.4 Å². The minimum atomic E-state index is -1.24. The number of nitrogens with one attached hydrogen (secondary N) is 5. The van der Waals surface area contributed by atoms with Crippen molar-refractivity contribution in [2.45, 2.75) is 72.0 Å². The Bertz CT molecular complexity index is 1520. The Balaban J connectivity index is 1.50. The number of hydrogen-bond donors (Lipinski definition) is 7. The third-order valence-electron chi connectivity index (χ3n) is 8.25. The smallest absolute Gasteiger partial charge is 0.327 e. The van der Waals surface area contributed by atoms with Crippen molar-refractivity contribution in [3.63, 3.8) is 0 Å². The van der Waals surface area contributed by atoms with Gasteiger partial charge in [0.25, 0.3) is 0 Å². The van der Waals surface area contributed by atoms with Gasteiger partial charge in [0.2, 0.25) is 17.7 Å². The SMILES string of the molecule is CC(C)CC(NC(=O)Cc1ccc(NC(=O)Nc2ccccc2)cc1)C(=O)NC(CN1CCN(CC(NC(=O)CC(C)(C)C)C(=O)O)CC1)C(=O)O. The number of para-hydroxylation sites is 1. The zero-order valence-corrected chi connectivity index (χ0v) is 30.6. The van der Waals surface area contributed by atoms with Gasteiger partial charge >= 0.3 is 18.0 Å². The predicted octanol–water partition coefficient (Wildman–Crippen LogP) is 2.60. The summed E-state index contributed by atoms with van der Waals surface area (Å²) < 4.78 is 0. The summed E-state index contributed by atoms with van der Waals surface area (Å²) >= 11 is 0. The van der Waals surface area contributed by atoms with E-state index in [9.17, 15) is 39.0 Å². The van der Waals surface area contributed by atoms with Crippen LogP contribution in [0.1, 0.15) is 53.0 Å². The Labute approximate surface area is 304 Å². The van der Waals surface area contributed by atoms with Crippen molar-refractivity contribution in [2.24, 2.45) is 11.3 Å². The van der Waals surface area contributed by atoms with Gasteiger partial charge in [0.1, 0.15) is 18.1 Å². The van der Waals surface area contributed by atoms with Gasteiger partial charge in [0.15, 0.2) is 0 Å². The second-order valence-electron chi connectivity index (χ2n) is 14.8. The van der Waals surface area contributed by atoms with Gasteiger partial charge in [-0.2, -0.15) is 0 Å². The van der Waals surface area contributed by atoms with Gasteiger partial charge in [-0.05, 0) is 47.6 Å². The lowest BCUT2D eigenvalue weighted by Gasteiger charge is -2.37. The molecule has 15 nitrogen and oxygen atoms in total. The maximum atomic E-state index is 13.4. The molecule has 2 aromatic carbocycles. The van der Waals surface area contributed by atoms with E-state index in [2.05, 4.69) is 26.6 Å². The lowest BCUT2D eigenvalue weighted by atomic mass is 9.92. The summed E-state index contributed by atoms with van der Waals surface area (Å²) in [7, 11) is 0. The van der Waals surface area contributed by atoms with Crippen molar-refractivity contribution in [1.82, 2.24) is 25.8 Å². The van der Waals surface area contributed by atoms with Crippen molar-refractivity contribution in [3.05, 3.63) is 60.2 Å². The number of benzene rings is 2. The molecule has 1 fully saturated rings. The molecule has 0 saturated carbocycles. The van der Waals surface area contributed by atoms with E-state index in [1.165, 1.54) is 0 Å². The van der Waals surface area contributed by atoms with E-state index in [1.807, 2.05) is 62.6 Å². The average Bonchev–Trinajstić information content (AvgIpc) is 3.04. The normalized spacial score (nSPS) is 15.5. The monoisotopic (exact) mass is 723 g/mol. The van der Waals surface area contributed by atoms with Crippen LogP contribution in [0, 0.1) is 11.3 Å². The number of amides is 5. The first kappa shape index (κ1) is 41.4. The highest BCUT2D eigenvalue weighted by Gasteiger charge is 2.31.